The van der Waals surface area contributed by atoms with E-state index in [1.165, 1.54) is 64.3 Å². The second kappa shape index (κ2) is 15.5. The molecule has 0 N–H and O–H groups in total. The topological polar surface area (TPSA) is 29.5 Å². The van der Waals surface area contributed by atoms with Gasteiger partial charge in [0.15, 0.2) is 0 Å². The van der Waals surface area contributed by atoms with Crippen LogP contribution < -0.4 is 4.90 Å². The predicted octanol–water partition coefficient (Wildman–Crippen LogP) is 19.1. The third-order valence-electron chi connectivity index (χ3n) is 13.7. The van der Waals surface area contributed by atoms with Gasteiger partial charge in [0.1, 0.15) is 22.3 Å². The van der Waals surface area contributed by atoms with E-state index < -0.39 is 0 Å². The lowest BCUT2D eigenvalue weighted by Crippen LogP contribution is -2.10. The van der Waals surface area contributed by atoms with Crippen LogP contribution in [0.2, 0.25) is 0 Å². The quantitative estimate of drug-likeness (QED) is 0.160. The van der Waals surface area contributed by atoms with E-state index in [0.29, 0.717) is 0 Å². The van der Waals surface area contributed by atoms with Gasteiger partial charge in [-0.05, 0) is 110 Å². The molecule has 0 fully saturated rings. The molecule has 14 rings (SSSR count). The molecule has 3 aromatic heterocycles. The number of anilines is 3. The first kappa shape index (κ1) is 38.6. The Hall–Kier alpha value is -8.70. The van der Waals surface area contributed by atoms with Crippen molar-refractivity contribution in [1.82, 2.24) is 0 Å². The summed E-state index contributed by atoms with van der Waals surface area (Å²) in [6, 6.07) is 85.3. The highest BCUT2D eigenvalue weighted by Crippen LogP contribution is 2.50. The normalized spacial score (nSPS) is 11.8. The molecule has 0 spiro atoms. The molecule has 4 heteroatoms. The number of rotatable bonds is 7. The minimum absolute atomic E-state index is 0.831. The largest absolute Gasteiger partial charge is 0.456 e. The van der Waals surface area contributed by atoms with Crippen LogP contribution in [0.15, 0.2) is 245 Å². The van der Waals surface area contributed by atoms with Crippen molar-refractivity contribution in [1.29, 1.82) is 0 Å². The van der Waals surface area contributed by atoms with Crippen LogP contribution in [0.1, 0.15) is 0 Å². The highest BCUT2D eigenvalue weighted by molar-refractivity contribution is 7.26. The number of hydrogen-bond acceptors (Lipinski definition) is 4. The molecule has 11 aromatic carbocycles. The molecule has 0 radical (unpaired) electrons. The van der Waals surface area contributed by atoms with E-state index >= 15 is 0 Å². The molecule has 0 bridgehead atoms. The number of furan rings is 2. The van der Waals surface area contributed by atoms with Crippen LogP contribution in [0.5, 0.6) is 0 Å². The summed E-state index contributed by atoms with van der Waals surface area (Å²) in [5.74, 6) is 0. The van der Waals surface area contributed by atoms with Gasteiger partial charge in [-0.15, -0.1) is 11.3 Å². The molecular formula is C64H39NO2S. The van der Waals surface area contributed by atoms with Crippen LogP contribution >= 0.6 is 11.3 Å². The number of thiophene rings is 1. The third kappa shape index (κ3) is 6.19. The molecule has 0 atom stereocenters. The number of fused-ring (bicyclic) bond motifs is 10. The molecule has 0 aliphatic heterocycles. The first-order valence-electron chi connectivity index (χ1n) is 23.1. The maximum absolute atomic E-state index is 6.83. The summed E-state index contributed by atoms with van der Waals surface area (Å²) in [5.41, 5.74) is 16.0. The Labute approximate surface area is 396 Å². The Bertz CT molecular complexity index is 4250. The van der Waals surface area contributed by atoms with E-state index in [9.17, 15) is 0 Å². The fourth-order valence-corrected chi connectivity index (χ4v) is 11.7. The summed E-state index contributed by atoms with van der Waals surface area (Å²) in [7, 11) is 0. The van der Waals surface area contributed by atoms with Crippen LogP contribution in [-0.4, -0.2) is 0 Å². The summed E-state index contributed by atoms with van der Waals surface area (Å²) in [6.45, 7) is 0. The van der Waals surface area contributed by atoms with Crippen molar-refractivity contribution in [2.45, 2.75) is 0 Å². The number of benzene rings is 11. The van der Waals surface area contributed by atoms with Gasteiger partial charge in [0.25, 0.3) is 0 Å². The molecule has 0 saturated carbocycles. The molecule has 0 unspecified atom stereocenters. The zero-order valence-corrected chi connectivity index (χ0v) is 37.5. The Morgan fingerprint density at radius 1 is 0.309 bits per heavy atom. The summed E-state index contributed by atoms with van der Waals surface area (Å²) in [6.07, 6.45) is 0. The summed E-state index contributed by atoms with van der Waals surface area (Å²) in [5, 5.41) is 9.32. The molecule has 0 aliphatic carbocycles. The number of hydrogen-bond donors (Lipinski definition) is 0. The Morgan fingerprint density at radius 2 is 0.897 bits per heavy atom. The summed E-state index contributed by atoms with van der Waals surface area (Å²) < 4.78 is 15.6. The maximum atomic E-state index is 6.83. The lowest BCUT2D eigenvalue weighted by Gasteiger charge is -2.27. The Balaban J connectivity index is 0.997. The van der Waals surface area contributed by atoms with Crippen LogP contribution in [0, 0.1) is 0 Å². The van der Waals surface area contributed by atoms with Crippen molar-refractivity contribution in [3.63, 3.8) is 0 Å². The van der Waals surface area contributed by atoms with Crippen molar-refractivity contribution in [2.24, 2.45) is 0 Å². The van der Waals surface area contributed by atoms with Gasteiger partial charge in [-0.2, -0.15) is 0 Å². The first-order valence-corrected chi connectivity index (χ1v) is 23.9. The van der Waals surface area contributed by atoms with Gasteiger partial charge >= 0.3 is 0 Å². The van der Waals surface area contributed by atoms with Crippen LogP contribution in [-0.2, 0) is 0 Å². The molecule has 318 valence electrons. The van der Waals surface area contributed by atoms with E-state index in [2.05, 4.69) is 223 Å². The van der Waals surface area contributed by atoms with Crippen molar-refractivity contribution in [2.75, 3.05) is 4.90 Å². The van der Waals surface area contributed by atoms with Gasteiger partial charge in [-0.3, -0.25) is 0 Å². The smallest absolute Gasteiger partial charge is 0.138 e. The van der Waals surface area contributed by atoms with E-state index in [-0.39, 0.29) is 0 Å². The van der Waals surface area contributed by atoms with Crippen LogP contribution in [0.25, 0.3) is 119 Å². The molecule has 0 amide bonds. The van der Waals surface area contributed by atoms with Gasteiger partial charge in [0, 0.05) is 48.8 Å². The maximum Gasteiger partial charge on any atom is 0.138 e. The van der Waals surface area contributed by atoms with Gasteiger partial charge in [0.2, 0.25) is 0 Å². The Kier molecular flexibility index (Phi) is 8.76. The second-order valence-electron chi connectivity index (χ2n) is 17.6. The van der Waals surface area contributed by atoms with Crippen molar-refractivity contribution in [3.8, 4) is 44.5 Å². The van der Waals surface area contributed by atoms with Gasteiger partial charge in [-0.25, -0.2) is 0 Å². The molecule has 0 saturated heterocycles. The average molecular weight is 886 g/mol. The minimum atomic E-state index is 0.831. The van der Waals surface area contributed by atoms with E-state index in [4.69, 9.17) is 8.83 Å². The molecule has 0 aliphatic rings. The zero-order valence-electron chi connectivity index (χ0n) is 36.7. The fraction of sp³-hybridized carbons (Fsp3) is 0. The van der Waals surface area contributed by atoms with E-state index in [0.717, 1.165) is 72.1 Å². The SMILES string of the molecule is c1ccc(-c2ccc(-c3cccc4sc5c(N(c6ccc(-c7cccc8ccccc78)cc6)c6cc(-c7ccc8oc9ccccc9c8c7)c7c(c6)oc6ccccc67)cccc5c34)cc2)cc1. The standard InChI is InChI=1S/C64H39NO2S/c1-2-13-40(14-3-1)41-27-29-44(30-28-41)50-21-12-26-61-63(50)53-22-11-23-56(64(53)68-61)65(46-34-31-43(32-35-46)49-20-10-16-42-15-4-5-17-48(42)49)47-38-54(62-52-19-7-9-25-58(52)67-60(62)39-47)45-33-36-59-55(37-45)51-18-6-8-24-57(51)66-59/h1-39H. The number of nitrogens with zero attached hydrogens (tertiary/aromatic N) is 1. The van der Waals surface area contributed by atoms with Crippen LogP contribution in [0.4, 0.5) is 17.1 Å². The average Bonchev–Trinajstić information content (AvgIpc) is 4.10. The molecule has 68 heavy (non-hydrogen) atoms. The minimum Gasteiger partial charge on any atom is -0.456 e. The van der Waals surface area contributed by atoms with Crippen LogP contribution in [0.3, 0.4) is 0 Å². The van der Waals surface area contributed by atoms with Gasteiger partial charge in [0.05, 0.1) is 16.1 Å². The summed E-state index contributed by atoms with van der Waals surface area (Å²) >= 11 is 1.85. The second-order valence-corrected chi connectivity index (χ2v) is 18.6. The highest BCUT2D eigenvalue weighted by atomic mass is 32.1. The van der Waals surface area contributed by atoms with Crippen molar-refractivity contribution < 1.29 is 8.83 Å². The van der Waals surface area contributed by atoms with Crippen molar-refractivity contribution in [3.05, 3.63) is 237 Å². The fourth-order valence-electron chi connectivity index (χ4n) is 10.5. The third-order valence-corrected chi connectivity index (χ3v) is 14.9. The van der Waals surface area contributed by atoms with Gasteiger partial charge in [-0.1, -0.05) is 176 Å². The lowest BCUT2D eigenvalue weighted by atomic mass is 9.96. The molecule has 3 nitrogen and oxygen atoms in total. The zero-order chi connectivity index (χ0) is 44.7. The molecular weight excluding hydrogens is 847 g/mol. The Morgan fingerprint density at radius 3 is 1.75 bits per heavy atom. The van der Waals surface area contributed by atoms with Gasteiger partial charge < -0.3 is 13.7 Å². The molecule has 14 aromatic rings. The lowest BCUT2D eigenvalue weighted by molar-refractivity contribution is 0.669. The van der Waals surface area contributed by atoms with Crippen molar-refractivity contribution >= 4 is 103 Å². The van der Waals surface area contributed by atoms with E-state index in [1.807, 2.05) is 29.5 Å². The monoisotopic (exact) mass is 885 g/mol. The van der Waals surface area contributed by atoms with E-state index in [1.54, 1.807) is 0 Å². The summed E-state index contributed by atoms with van der Waals surface area (Å²) in [4.78, 5) is 2.43. The number of para-hydroxylation sites is 2. The first-order chi connectivity index (χ1) is 33.7. The molecule has 3 heterocycles. The predicted molar refractivity (Wildman–Crippen MR) is 288 cm³/mol. The highest BCUT2D eigenvalue weighted by Gasteiger charge is 2.24.